The van der Waals surface area contributed by atoms with Gasteiger partial charge in [-0.3, -0.25) is 9.59 Å². The lowest BCUT2D eigenvalue weighted by molar-refractivity contribution is -0.121. The summed E-state index contributed by atoms with van der Waals surface area (Å²) >= 11 is 0. The second-order valence-corrected chi connectivity index (χ2v) is 8.19. The molecule has 1 unspecified atom stereocenters. The van der Waals surface area contributed by atoms with Crippen LogP contribution in [0.5, 0.6) is 5.75 Å². The fourth-order valence-corrected chi connectivity index (χ4v) is 3.20. The Bertz CT molecular complexity index is 813. The van der Waals surface area contributed by atoms with Crippen LogP contribution >= 0.6 is 0 Å². The van der Waals surface area contributed by atoms with Gasteiger partial charge in [0, 0.05) is 24.9 Å². The van der Waals surface area contributed by atoms with E-state index in [1.165, 1.54) is 11.1 Å². The molecular weight excluding hydrogens is 352 g/mol. The first-order valence-electron chi connectivity index (χ1n) is 9.73. The van der Waals surface area contributed by atoms with Crippen molar-refractivity contribution in [3.8, 4) is 5.75 Å². The molecule has 2 aromatic rings. The summed E-state index contributed by atoms with van der Waals surface area (Å²) in [5.74, 6) is 0.636. The van der Waals surface area contributed by atoms with Crippen LogP contribution in [0.15, 0.2) is 48.5 Å². The van der Waals surface area contributed by atoms with Gasteiger partial charge in [0.15, 0.2) is 0 Å². The van der Waals surface area contributed by atoms with E-state index in [9.17, 15) is 9.59 Å². The van der Waals surface area contributed by atoms with Crippen molar-refractivity contribution < 1.29 is 14.3 Å². The van der Waals surface area contributed by atoms with Crippen LogP contribution in [-0.2, 0) is 16.6 Å². The Labute approximate surface area is 166 Å². The van der Waals surface area contributed by atoms with Gasteiger partial charge in [-0.05, 0) is 34.7 Å². The van der Waals surface area contributed by atoms with Crippen molar-refractivity contribution in [1.29, 1.82) is 0 Å². The van der Waals surface area contributed by atoms with Gasteiger partial charge >= 0.3 is 0 Å². The van der Waals surface area contributed by atoms with Gasteiger partial charge in [0.2, 0.25) is 5.91 Å². The van der Waals surface area contributed by atoms with Crippen molar-refractivity contribution in [3.63, 3.8) is 0 Å². The number of rotatable bonds is 6. The maximum atomic E-state index is 12.2. The van der Waals surface area contributed by atoms with E-state index in [1.54, 1.807) is 0 Å². The van der Waals surface area contributed by atoms with E-state index in [0.717, 1.165) is 12.2 Å². The Morgan fingerprint density at radius 2 is 1.75 bits per heavy atom. The maximum Gasteiger partial charge on any atom is 0.251 e. The molecule has 5 heteroatoms. The van der Waals surface area contributed by atoms with Gasteiger partial charge in [0.25, 0.3) is 5.91 Å². The summed E-state index contributed by atoms with van der Waals surface area (Å²) in [5, 5.41) is 5.68. The minimum Gasteiger partial charge on any atom is -0.488 e. The van der Waals surface area contributed by atoms with E-state index in [-0.39, 0.29) is 29.8 Å². The van der Waals surface area contributed by atoms with Crippen LogP contribution in [0.25, 0.3) is 0 Å². The summed E-state index contributed by atoms with van der Waals surface area (Å²) in [6.45, 7) is 7.18. The van der Waals surface area contributed by atoms with Crippen molar-refractivity contribution in [2.45, 2.75) is 45.1 Å². The molecule has 28 heavy (non-hydrogen) atoms. The van der Waals surface area contributed by atoms with Crippen molar-refractivity contribution in [1.82, 2.24) is 10.6 Å². The monoisotopic (exact) mass is 380 g/mol. The van der Waals surface area contributed by atoms with Gasteiger partial charge in [-0.2, -0.15) is 0 Å². The number of hydrogen-bond donors (Lipinski definition) is 2. The Balaban J connectivity index is 1.37. The average Bonchev–Trinajstić information content (AvgIpc) is 3.09. The zero-order chi connectivity index (χ0) is 20.1. The van der Waals surface area contributed by atoms with Crippen LogP contribution in [0.2, 0.25) is 0 Å². The van der Waals surface area contributed by atoms with Gasteiger partial charge in [0.1, 0.15) is 11.9 Å². The number of carbonyl (C=O) groups is 2. The van der Waals surface area contributed by atoms with Crippen LogP contribution in [-0.4, -0.2) is 31.0 Å². The molecule has 2 amide bonds. The smallest absolute Gasteiger partial charge is 0.251 e. The molecule has 148 valence electrons. The predicted molar refractivity (Wildman–Crippen MR) is 110 cm³/mol. The van der Waals surface area contributed by atoms with Gasteiger partial charge < -0.3 is 15.4 Å². The molecular formula is C23H28N2O3. The van der Waals surface area contributed by atoms with Gasteiger partial charge in [-0.15, -0.1) is 0 Å². The second kappa shape index (κ2) is 8.46. The molecule has 0 aromatic heterocycles. The molecule has 1 heterocycles. The van der Waals surface area contributed by atoms with E-state index in [4.69, 9.17) is 4.74 Å². The fraction of sp³-hybridized carbons (Fsp3) is 0.391. The molecule has 0 bridgehead atoms. The minimum absolute atomic E-state index is 0.0303. The number of ether oxygens (including phenoxy) is 1. The number of benzene rings is 2. The lowest BCUT2D eigenvalue weighted by atomic mass is 9.87. The van der Waals surface area contributed by atoms with Crippen molar-refractivity contribution in [3.05, 3.63) is 65.2 Å². The molecule has 3 rings (SSSR count). The molecule has 2 aromatic carbocycles. The molecule has 0 fully saturated rings. The highest BCUT2D eigenvalue weighted by Crippen LogP contribution is 2.27. The maximum absolute atomic E-state index is 12.2. The van der Waals surface area contributed by atoms with E-state index >= 15 is 0 Å². The Morgan fingerprint density at radius 3 is 2.43 bits per heavy atom. The summed E-state index contributed by atoms with van der Waals surface area (Å²) in [6.07, 6.45) is 1.01. The molecule has 0 aliphatic carbocycles. The SMILES string of the molecule is CC(C)(C)c1ccc(C(=O)NCCC(=O)NCC2Cc3ccccc3O2)cc1. The first-order valence-corrected chi connectivity index (χ1v) is 9.73. The number of carbonyl (C=O) groups excluding carboxylic acids is 2. The molecule has 1 atom stereocenters. The number of para-hydroxylation sites is 1. The first-order chi connectivity index (χ1) is 13.3. The van der Waals surface area contributed by atoms with Crippen molar-refractivity contribution in [2.75, 3.05) is 13.1 Å². The van der Waals surface area contributed by atoms with Crippen LogP contribution < -0.4 is 15.4 Å². The van der Waals surface area contributed by atoms with Crippen LogP contribution in [0.4, 0.5) is 0 Å². The molecule has 1 aliphatic rings. The summed E-state index contributed by atoms with van der Waals surface area (Å²) in [4.78, 5) is 24.2. The van der Waals surface area contributed by atoms with Crippen LogP contribution in [0.1, 0.15) is 48.7 Å². The molecule has 0 radical (unpaired) electrons. The summed E-state index contributed by atoms with van der Waals surface area (Å²) < 4.78 is 5.81. The molecule has 5 nitrogen and oxygen atoms in total. The number of hydrogen-bond acceptors (Lipinski definition) is 3. The Kier molecular flexibility index (Phi) is 6.02. The van der Waals surface area contributed by atoms with Gasteiger partial charge in [0.05, 0.1) is 6.54 Å². The minimum atomic E-state index is -0.164. The predicted octanol–water partition coefficient (Wildman–Crippen LogP) is 3.22. The van der Waals surface area contributed by atoms with E-state index in [2.05, 4.69) is 31.4 Å². The normalized spacial score (nSPS) is 15.5. The zero-order valence-electron chi connectivity index (χ0n) is 16.7. The number of nitrogens with one attached hydrogen (secondary N) is 2. The molecule has 0 saturated heterocycles. The standard InChI is InChI=1S/C23H28N2O3/c1-23(2,3)18-10-8-16(9-11-18)22(27)24-13-12-21(26)25-15-19-14-17-6-4-5-7-20(17)28-19/h4-11,19H,12-15H2,1-3H3,(H,24,27)(H,25,26). The zero-order valence-corrected chi connectivity index (χ0v) is 16.7. The number of fused-ring (bicyclic) bond motifs is 1. The highest BCUT2D eigenvalue weighted by molar-refractivity contribution is 5.94. The van der Waals surface area contributed by atoms with Gasteiger partial charge in [-0.25, -0.2) is 0 Å². The fourth-order valence-electron chi connectivity index (χ4n) is 3.20. The summed E-state index contributed by atoms with van der Waals surface area (Å²) in [6, 6.07) is 15.5. The highest BCUT2D eigenvalue weighted by atomic mass is 16.5. The molecule has 1 aliphatic heterocycles. The molecule has 0 saturated carbocycles. The largest absolute Gasteiger partial charge is 0.488 e. The van der Waals surface area contributed by atoms with E-state index < -0.39 is 0 Å². The second-order valence-electron chi connectivity index (χ2n) is 8.19. The van der Waals surface area contributed by atoms with E-state index in [0.29, 0.717) is 18.7 Å². The van der Waals surface area contributed by atoms with Crippen molar-refractivity contribution in [2.24, 2.45) is 0 Å². The highest BCUT2D eigenvalue weighted by Gasteiger charge is 2.22. The van der Waals surface area contributed by atoms with E-state index in [1.807, 2.05) is 48.5 Å². The Morgan fingerprint density at radius 1 is 1.04 bits per heavy atom. The average molecular weight is 380 g/mol. The lowest BCUT2D eigenvalue weighted by Gasteiger charge is -2.19. The number of amides is 2. The van der Waals surface area contributed by atoms with Crippen molar-refractivity contribution >= 4 is 11.8 Å². The summed E-state index contributed by atoms with van der Waals surface area (Å²) in [7, 11) is 0. The molecule has 0 spiro atoms. The van der Waals surface area contributed by atoms with Crippen LogP contribution in [0, 0.1) is 0 Å². The third-order valence-corrected chi connectivity index (χ3v) is 4.89. The third-order valence-electron chi connectivity index (χ3n) is 4.89. The van der Waals surface area contributed by atoms with Crippen LogP contribution in [0.3, 0.4) is 0 Å². The topological polar surface area (TPSA) is 67.4 Å². The Hall–Kier alpha value is -2.82. The first kappa shape index (κ1) is 19.9. The quantitative estimate of drug-likeness (QED) is 0.809. The lowest BCUT2D eigenvalue weighted by Crippen LogP contribution is -2.36. The molecule has 2 N–H and O–H groups in total. The van der Waals surface area contributed by atoms with Gasteiger partial charge in [-0.1, -0.05) is 51.1 Å². The summed E-state index contributed by atoms with van der Waals surface area (Å²) in [5.41, 5.74) is 3.01. The third kappa shape index (κ3) is 5.12.